The second-order valence-corrected chi connectivity index (χ2v) is 10.0. The summed E-state index contributed by atoms with van der Waals surface area (Å²) in [7, 11) is 0. The summed E-state index contributed by atoms with van der Waals surface area (Å²) in [6.45, 7) is 6.98. The highest BCUT2D eigenvalue weighted by molar-refractivity contribution is 6.01. The van der Waals surface area contributed by atoms with E-state index in [1.165, 1.54) is 0 Å². The Bertz CT molecular complexity index is 1150. The third-order valence-corrected chi connectivity index (χ3v) is 6.01. The van der Waals surface area contributed by atoms with E-state index in [0.29, 0.717) is 44.7 Å². The molecule has 2 aromatic rings. The van der Waals surface area contributed by atoms with Crippen LogP contribution < -0.4 is 15.4 Å². The van der Waals surface area contributed by atoms with Gasteiger partial charge in [0, 0.05) is 36.8 Å². The van der Waals surface area contributed by atoms with Crippen LogP contribution in [-0.2, 0) is 20.9 Å². The standard InChI is InChI=1S/C28H33N3O5/c1-28(2,3)36-27(34)31-15-13-20(14-16-31)22-10-9-21(29-23-11-12-25(32)30-26(23)33)17-24(22)35-18-19-7-5-4-6-8-19/h4-10,13,17,23,29H,11-12,14-16,18H2,1-3H3,(H,30,32,33). The molecule has 0 radical (unpaired) electrons. The van der Waals surface area contributed by atoms with Crippen molar-refractivity contribution < 1.29 is 23.9 Å². The number of nitrogens with zero attached hydrogens (tertiary/aromatic N) is 1. The van der Waals surface area contributed by atoms with Gasteiger partial charge in [-0.05, 0) is 56.9 Å². The fourth-order valence-corrected chi connectivity index (χ4v) is 4.17. The Labute approximate surface area is 211 Å². The topological polar surface area (TPSA) is 97.0 Å². The quantitative estimate of drug-likeness (QED) is 0.578. The smallest absolute Gasteiger partial charge is 0.410 e. The van der Waals surface area contributed by atoms with Crippen molar-refractivity contribution in [2.24, 2.45) is 0 Å². The lowest BCUT2D eigenvalue weighted by Crippen LogP contribution is -2.47. The summed E-state index contributed by atoms with van der Waals surface area (Å²) in [5, 5.41) is 5.61. The van der Waals surface area contributed by atoms with E-state index in [2.05, 4.69) is 10.6 Å². The Morgan fingerprint density at radius 3 is 2.56 bits per heavy atom. The van der Waals surface area contributed by atoms with Gasteiger partial charge in [-0.15, -0.1) is 0 Å². The number of hydrogen-bond donors (Lipinski definition) is 2. The van der Waals surface area contributed by atoms with Gasteiger partial charge >= 0.3 is 6.09 Å². The van der Waals surface area contributed by atoms with Gasteiger partial charge < -0.3 is 19.7 Å². The molecule has 0 aromatic heterocycles. The summed E-state index contributed by atoms with van der Waals surface area (Å²) in [5.74, 6) is 0.123. The van der Waals surface area contributed by atoms with Crippen LogP contribution in [0.4, 0.5) is 10.5 Å². The molecule has 0 bridgehead atoms. The molecule has 190 valence electrons. The van der Waals surface area contributed by atoms with Crippen LogP contribution >= 0.6 is 0 Å². The average molecular weight is 492 g/mol. The van der Waals surface area contributed by atoms with Crippen molar-refractivity contribution in [3.8, 4) is 5.75 Å². The van der Waals surface area contributed by atoms with Gasteiger partial charge in [-0.3, -0.25) is 14.9 Å². The second-order valence-electron chi connectivity index (χ2n) is 10.0. The zero-order valence-corrected chi connectivity index (χ0v) is 21.0. The van der Waals surface area contributed by atoms with Crippen molar-refractivity contribution in [3.63, 3.8) is 0 Å². The van der Waals surface area contributed by atoms with Crippen LogP contribution in [0.3, 0.4) is 0 Å². The number of hydrogen-bond acceptors (Lipinski definition) is 6. The molecule has 2 N–H and O–H groups in total. The fourth-order valence-electron chi connectivity index (χ4n) is 4.17. The Balaban J connectivity index is 1.53. The Morgan fingerprint density at radius 1 is 1.11 bits per heavy atom. The lowest BCUT2D eigenvalue weighted by Gasteiger charge is -2.30. The van der Waals surface area contributed by atoms with Crippen LogP contribution in [0.2, 0.25) is 0 Å². The summed E-state index contributed by atoms with van der Waals surface area (Å²) >= 11 is 0. The van der Waals surface area contributed by atoms with Crippen molar-refractivity contribution >= 4 is 29.2 Å². The third-order valence-electron chi connectivity index (χ3n) is 6.01. The molecule has 1 fully saturated rings. The monoisotopic (exact) mass is 491 g/mol. The lowest BCUT2D eigenvalue weighted by molar-refractivity contribution is -0.133. The predicted molar refractivity (Wildman–Crippen MR) is 137 cm³/mol. The maximum absolute atomic E-state index is 12.5. The molecule has 1 saturated heterocycles. The number of amides is 3. The first-order valence-corrected chi connectivity index (χ1v) is 12.3. The van der Waals surface area contributed by atoms with Crippen molar-refractivity contribution in [1.82, 2.24) is 10.2 Å². The first kappa shape index (κ1) is 25.3. The molecule has 36 heavy (non-hydrogen) atoms. The van der Waals surface area contributed by atoms with E-state index in [1.54, 1.807) is 4.90 Å². The zero-order valence-electron chi connectivity index (χ0n) is 21.0. The molecule has 2 heterocycles. The van der Waals surface area contributed by atoms with E-state index < -0.39 is 11.6 Å². The van der Waals surface area contributed by atoms with Gasteiger partial charge in [0.2, 0.25) is 11.8 Å². The Hall–Kier alpha value is -3.81. The number of imide groups is 1. The zero-order chi connectivity index (χ0) is 25.7. The van der Waals surface area contributed by atoms with E-state index in [0.717, 1.165) is 22.4 Å². The van der Waals surface area contributed by atoms with Crippen LogP contribution in [0.25, 0.3) is 5.57 Å². The summed E-state index contributed by atoms with van der Waals surface area (Å²) < 4.78 is 11.8. The maximum Gasteiger partial charge on any atom is 0.410 e. The molecule has 0 spiro atoms. The molecule has 0 aliphatic carbocycles. The SMILES string of the molecule is CC(C)(C)OC(=O)N1CC=C(c2ccc(NC3CCC(=O)NC3=O)cc2OCc2ccccc2)CC1. The minimum absolute atomic E-state index is 0.245. The molecule has 1 atom stereocenters. The number of ether oxygens (including phenoxy) is 2. The van der Waals surface area contributed by atoms with E-state index in [1.807, 2.05) is 75.4 Å². The average Bonchev–Trinajstić information content (AvgIpc) is 2.84. The minimum atomic E-state index is -0.537. The first-order chi connectivity index (χ1) is 17.2. The molecule has 8 nitrogen and oxygen atoms in total. The van der Waals surface area contributed by atoms with E-state index in [4.69, 9.17) is 9.47 Å². The molecule has 4 rings (SSSR count). The van der Waals surface area contributed by atoms with Crippen molar-refractivity contribution in [2.45, 2.75) is 58.3 Å². The molecular weight excluding hydrogens is 458 g/mol. The number of benzene rings is 2. The molecule has 2 aliphatic rings. The molecule has 2 aromatic carbocycles. The number of nitrogens with one attached hydrogen (secondary N) is 2. The summed E-state index contributed by atoms with van der Waals surface area (Å²) in [5.41, 5.74) is 3.28. The highest BCUT2D eigenvalue weighted by atomic mass is 16.6. The maximum atomic E-state index is 12.5. The third kappa shape index (κ3) is 6.65. The molecule has 2 aliphatic heterocycles. The first-order valence-electron chi connectivity index (χ1n) is 12.3. The number of anilines is 1. The predicted octanol–water partition coefficient (Wildman–Crippen LogP) is 4.51. The van der Waals surface area contributed by atoms with Crippen LogP contribution in [-0.4, -0.2) is 47.5 Å². The summed E-state index contributed by atoms with van der Waals surface area (Å²) in [6.07, 6.45) is 3.13. The van der Waals surface area contributed by atoms with Gasteiger partial charge in [0.15, 0.2) is 0 Å². The molecule has 3 amide bonds. The highest BCUT2D eigenvalue weighted by Gasteiger charge is 2.27. The molecule has 1 unspecified atom stereocenters. The van der Waals surface area contributed by atoms with Gasteiger partial charge in [-0.2, -0.15) is 0 Å². The van der Waals surface area contributed by atoms with Crippen molar-refractivity contribution in [1.29, 1.82) is 0 Å². The minimum Gasteiger partial charge on any atom is -0.488 e. The van der Waals surface area contributed by atoms with Crippen LogP contribution in [0.5, 0.6) is 5.75 Å². The number of carbonyl (C=O) groups is 3. The molecular formula is C28H33N3O5. The van der Waals surface area contributed by atoms with Gasteiger partial charge in [0.05, 0.1) is 0 Å². The van der Waals surface area contributed by atoms with Gasteiger partial charge in [0.1, 0.15) is 24.0 Å². The second kappa shape index (κ2) is 10.8. The molecule has 8 heteroatoms. The lowest BCUT2D eigenvalue weighted by atomic mass is 9.98. The summed E-state index contributed by atoms with van der Waals surface area (Å²) in [4.78, 5) is 37.8. The van der Waals surface area contributed by atoms with E-state index in [-0.39, 0.29) is 17.9 Å². The number of rotatable bonds is 6. The molecule has 0 saturated carbocycles. The highest BCUT2D eigenvalue weighted by Crippen LogP contribution is 2.34. The van der Waals surface area contributed by atoms with Crippen molar-refractivity contribution in [2.75, 3.05) is 18.4 Å². The largest absolute Gasteiger partial charge is 0.488 e. The van der Waals surface area contributed by atoms with Crippen LogP contribution in [0, 0.1) is 0 Å². The van der Waals surface area contributed by atoms with Gasteiger partial charge in [0.25, 0.3) is 0 Å². The number of carbonyl (C=O) groups excluding carboxylic acids is 3. The van der Waals surface area contributed by atoms with E-state index >= 15 is 0 Å². The van der Waals surface area contributed by atoms with Crippen LogP contribution in [0.15, 0.2) is 54.6 Å². The van der Waals surface area contributed by atoms with Crippen molar-refractivity contribution in [3.05, 3.63) is 65.7 Å². The normalized spacial score (nSPS) is 18.2. The Kier molecular flexibility index (Phi) is 7.62. The van der Waals surface area contributed by atoms with Gasteiger partial charge in [-0.1, -0.05) is 36.4 Å². The van der Waals surface area contributed by atoms with Crippen LogP contribution in [0.1, 0.15) is 51.2 Å². The fraction of sp³-hybridized carbons (Fsp3) is 0.393. The van der Waals surface area contributed by atoms with Gasteiger partial charge in [-0.25, -0.2) is 4.79 Å². The van der Waals surface area contributed by atoms with E-state index in [9.17, 15) is 14.4 Å². The number of piperidine rings is 1. The Morgan fingerprint density at radius 2 is 1.89 bits per heavy atom. The summed E-state index contributed by atoms with van der Waals surface area (Å²) in [6, 6.07) is 15.2.